The highest BCUT2D eigenvalue weighted by Crippen LogP contribution is 2.04. The molecule has 1 fully saturated rings. The average molecular weight is 292 g/mol. The van der Waals surface area contributed by atoms with Gasteiger partial charge in [-0.05, 0) is 19.1 Å². The van der Waals surface area contributed by atoms with Gasteiger partial charge in [0.25, 0.3) is 0 Å². The largest absolute Gasteiger partial charge is 0.450 e. The van der Waals surface area contributed by atoms with E-state index in [1.54, 1.807) is 22.9 Å². The van der Waals surface area contributed by atoms with Gasteiger partial charge in [-0.1, -0.05) is 6.07 Å². The van der Waals surface area contributed by atoms with Crippen LogP contribution in [0.2, 0.25) is 0 Å². The van der Waals surface area contributed by atoms with E-state index in [4.69, 9.17) is 4.74 Å². The van der Waals surface area contributed by atoms with Crippen LogP contribution in [0, 0.1) is 0 Å². The number of pyridine rings is 1. The molecule has 2 rings (SSSR count). The van der Waals surface area contributed by atoms with Gasteiger partial charge in [0.2, 0.25) is 0 Å². The molecule has 0 unspecified atom stereocenters. The van der Waals surface area contributed by atoms with Crippen molar-refractivity contribution in [1.82, 2.24) is 20.1 Å². The molecule has 7 heteroatoms. The number of aromatic nitrogens is 1. The average Bonchev–Trinajstić information content (AvgIpc) is 2.54. The summed E-state index contributed by atoms with van der Waals surface area (Å²) in [5, 5.41) is 2.83. The number of hydrogen-bond acceptors (Lipinski definition) is 4. The molecule has 0 spiro atoms. The molecule has 114 valence electrons. The van der Waals surface area contributed by atoms with Crippen LogP contribution in [0.4, 0.5) is 9.59 Å². The summed E-state index contributed by atoms with van der Waals surface area (Å²) in [7, 11) is 0. The molecule has 1 aliphatic rings. The SMILES string of the molecule is CCOC(=O)N1CCN(C(=O)NCc2ccccn2)CC1. The lowest BCUT2D eigenvalue weighted by molar-refractivity contribution is 0.0851. The van der Waals surface area contributed by atoms with Crippen molar-refractivity contribution in [3.8, 4) is 0 Å². The molecule has 0 radical (unpaired) electrons. The fourth-order valence-electron chi connectivity index (χ4n) is 2.09. The van der Waals surface area contributed by atoms with Gasteiger partial charge in [-0.3, -0.25) is 4.98 Å². The third-order valence-electron chi connectivity index (χ3n) is 3.24. The predicted octanol–water partition coefficient (Wildman–Crippen LogP) is 1.07. The lowest BCUT2D eigenvalue weighted by Crippen LogP contribution is -2.53. The number of rotatable bonds is 3. The number of ether oxygens (including phenoxy) is 1. The Morgan fingerprint density at radius 3 is 2.57 bits per heavy atom. The van der Waals surface area contributed by atoms with Crippen molar-refractivity contribution < 1.29 is 14.3 Å². The number of nitrogens with zero attached hydrogens (tertiary/aromatic N) is 3. The number of amides is 3. The number of hydrogen-bond donors (Lipinski definition) is 1. The second-order valence-corrected chi connectivity index (χ2v) is 4.65. The smallest absolute Gasteiger partial charge is 0.409 e. The Balaban J connectivity index is 1.74. The van der Waals surface area contributed by atoms with Gasteiger partial charge in [0.1, 0.15) is 0 Å². The van der Waals surface area contributed by atoms with Crippen molar-refractivity contribution in [3.05, 3.63) is 30.1 Å². The monoisotopic (exact) mass is 292 g/mol. The first kappa shape index (κ1) is 15.1. The van der Waals surface area contributed by atoms with Crippen LogP contribution in [0.5, 0.6) is 0 Å². The van der Waals surface area contributed by atoms with Crippen LogP contribution in [-0.4, -0.2) is 59.7 Å². The van der Waals surface area contributed by atoms with Crippen molar-refractivity contribution in [2.45, 2.75) is 13.5 Å². The second-order valence-electron chi connectivity index (χ2n) is 4.65. The van der Waals surface area contributed by atoms with Crippen molar-refractivity contribution in [2.75, 3.05) is 32.8 Å². The fourth-order valence-corrected chi connectivity index (χ4v) is 2.09. The first-order chi connectivity index (χ1) is 10.2. The molecule has 1 aromatic rings. The van der Waals surface area contributed by atoms with E-state index < -0.39 is 0 Å². The van der Waals surface area contributed by atoms with Crippen LogP contribution in [0.25, 0.3) is 0 Å². The van der Waals surface area contributed by atoms with Crippen LogP contribution in [-0.2, 0) is 11.3 Å². The number of carbonyl (C=O) groups excluding carboxylic acids is 2. The highest BCUT2D eigenvalue weighted by atomic mass is 16.6. The van der Waals surface area contributed by atoms with Gasteiger partial charge in [0.05, 0.1) is 18.8 Å². The summed E-state index contributed by atoms with van der Waals surface area (Å²) >= 11 is 0. The molecule has 7 nitrogen and oxygen atoms in total. The number of carbonyl (C=O) groups is 2. The zero-order valence-electron chi connectivity index (χ0n) is 12.1. The van der Waals surface area contributed by atoms with Gasteiger partial charge >= 0.3 is 12.1 Å². The number of piperazine rings is 1. The summed E-state index contributed by atoms with van der Waals surface area (Å²) in [5.41, 5.74) is 0.816. The van der Waals surface area contributed by atoms with Gasteiger partial charge in [-0.15, -0.1) is 0 Å². The standard InChI is InChI=1S/C14H20N4O3/c1-2-21-14(20)18-9-7-17(8-10-18)13(19)16-11-12-5-3-4-6-15-12/h3-6H,2,7-11H2,1H3,(H,16,19). The third-order valence-corrected chi connectivity index (χ3v) is 3.24. The van der Waals surface area contributed by atoms with E-state index in [0.29, 0.717) is 39.3 Å². The van der Waals surface area contributed by atoms with Crippen molar-refractivity contribution in [1.29, 1.82) is 0 Å². The molecule has 0 saturated carbocycles. The first-order valence-corrected chi connectivity index (χ1v) is 7.05. The van der Waals surface area contributed by atoms with Crippen molar-refractivity contribution in [2.24, 2.45) is 0 Å². The zero-order valence-corrected chi connectivity index (χ0v) is 12.1. The van der Waals surface area contributed by atoms with Gasteiger partial charge in [0, 0.05) is 32.4 Å². The minimum atomic E-state index is -0.314. The Morgan fingerprint density at radius 1 is 1.24 bits per heavy atom. The molecular formula is C14H20N4O3. The molecule has 1 N–H and O–H groups in total. The fraction of sp³-hybridized carbons (Fsp3) is 0.500. The summed E-state index contributed by atoms with van der Waals surface area (Å²) in [4.78, 5) is 31.0. The molecule has 0 bridgehead atoms. The molecular weight excluding hydrogens is 272 g/mol. The topological polar surface area (TPSA) is 74.8 Å². The van der Waals surface area contributed by atoms with E-state index in [0.717, 1.165) is 5.69 Å². The minimum Gasteiger partial charge on any atom is -0.450 e. The maximum absolute atomic E-state index is 12.0. The van der Waals surface area contributed by atoms with Gasteiger partial charge in [-0.2, -0.15) is 0 Å². The molecule has 2 heterocycles. The van der Waals surface area contributed by atoms with Crippen LogP contribution in [0.1, 0.15) is 12.6 Å². The summed E-state index contributed by atoms with van der Waals surface area (Å²) in [6.45, 7) is 4.55. The summed E-state index contributed by atoms with van der Waals surface area (Å²) in [6, 6.07) is 5.44. The van der Waals surface area contributed by atoms with E-state index in [1.165, 1.54) is 0 Å². The van der Waals surface area contributed by atoms with Crippen LogP contribution >= 0.6 is 0 Å². The Morgan fingerprint density at radius 2 is 1.95 bits per heavy atom. The Hall–Kier alpha value is -2.31. The predicted molar refractivity (Wildman–Crippen MR) is 76.6 cm³/mol. The summed E-state index contributed by atoms with van der Waals surface area (Å²) in [6.07, 6.45) is 1.38. The van der Waals surface area contributed by atoms with E-state index in [9.17, 15) is 9.59 Å². The highest BCUT2D eigenvalue weighted by molar-refractivity contribution is 5.75. The van der Waals surface area contributed by atoms with Crippen LogP contribution < -0.4 is 5.32 Å². The normalized spacial score (nSPS) is 14.7. The molecule has 1 saturated heterocycles. The first-order valence-electron chi connectivity index (χ1n) is 7.05. The molecule has 0 aromatic carbocycles. The number of urea groups is 1. The number of nitrogens with one attached hydrogen (secondary N) is 1. The van der Waals surface area contributed by atoms with E-state index in [2.05, 4.69) is 10.3 Å². The van der Waals surface area contributed by atoms with Crippen molar-refractivity contribution >= 4 is 12.1 Å². The Labute approximate surface area is 123 Å². The van der Waals surface area contributed by atoms with Gasteiger partial charge < -0.3 is 19.9 Å². The maximum atomic E-state index is 12.0. The third kappa shape index (κ3) is 4.34. The van der Waals surface area contributed by atoms with E-state index in [1.807, 2.05) is 18.2 Å². The maximum Gasteiger partial charge on any atom is 0.409 e. The molecule has 0 atom stereocenters. The molecule has 21 heavy (non-hydrogen) atoms. The molecule has 1 aromatic heterocycles. The van der Waals surface area contributed by atoms with Crippen molar-refractivity contribution in [3.63, 3.8) is 0 Å². The summed E-state index contributed by atoms with van der Waals surface area (Å²) in [5.74, 6) is 0. The molecule has 1 aliphatic heterocycles. The van der Waals surface area contributed by atoms with Gasteiger partial charge in [0.15, 0.2) is 0 Å². The Bertz CT molecular complexity index is 472. The zero-order chi connectivity index (χ0) is 15.1. The lowest BCUT2D eigenvalue weighted by atomic mass is 10.3. The lowest BCUT2D eigenvalue weighted by Gasteiger charge is -2.33. The van der Waals surface area contributed by atoms with E-state index >= 15 is 0 Å². The summed E-state index contributed by atoms with van der Waals surface area (Å²) < 4.78 is 4.94. The quantitative estimate of drug-likeness (QED) is 0.904. The minimum absolute atomic E-state index is 0.135. The Kier molecular flexibility index (Phi) is 5.36. The van der Waals surface area contributed by atoms with Crippen LogP contribution in [0.3, 0.4) is 0 Å². The van der Waals surface area contributed by atoms with Crippen LogP contribution in [0.15, 0.2) is 24.4 Å². The second kappa shape index (κ2) is 7.47. The van der Waals surface area contributed by atoms with E-state index in [-0.39, 0.29) is 12.1 Å². The molecule has 3 amide bonds. The highest BCUT2D eigenvalue weighted by Gasteiger charge is 2.24. The van der Waals surface area contributed by atoms with Gasteiger partial charge in [-0.25, -0.2) is 9.59 Å². The molecule has 0 aliphatic carbocycles.